The predicted molar refractivity (Wildman–Crippen MR) is 64.3 cm³/mol. The summed E-state index contributed by atoms with van der Waals surface area (Å²) in [5, 5.41) is 3.33. The van der Waals surface area contributed by atoms with Crippen LogP contribution in [0.5, 0.6) is 0 Å². The standard InChI is InChI=1S/C12H16N4/c1-11-4-2-5-14-12(11)15-6-3-8-16-9-7-13-10-16/h2,4-5,7,9-10H,3,6,8H2,1H3,(H,14,15). The van der Waals surface area contributed by atoms with Gasteiger partial charge >= 0.3 is 0 Å². The highest BCUT2D eigenvalue weighted by Crippen LogP contribution is 2.08. The molecule has 16 heavy (non-hydrogen) atoms. The van der Waals surface area contributed by atoms with Crippen molar-refractivity contribution in [2.24, 2.45) is 0 Å². The molecule has 0 amide bonds. The number of hydrogen-bond acceptors (Lipinski definition) is 3. The summed E-state index contributed by atoms with van der Waals surface area (Å²) >= 11 is 0. The zero-order valence-corrected chi connectivity index (χ0v) is 9.43. The van der Waals surface area contributed by atoms with Crippen LogP contribution < -0.4 is 5.32 Å². The Hall–Kier alpha value is -1.84. The molecule has 4 heteroatoms. The maximum absolute atomic E-state index is 4.28. The number of rotatable bonds is 5. The Balaban J connectivity index is 1.74. The lowest BCUT2D eigenvalue weighted by Crippen LogP contribution is -2.07. The lowest BCUT2D eigenvalue weighted by Gasteiger charge is -2.07. The highest BCUT2D eigenvalue weighted by atomic mass is 15.0. The number of aromatic nitrogens is 3. The van der Waals surface area contributed by atoms with Gasteiger partial charge in [0.2, 0.25) is 0 Å². The van der Waals surface area contributed by atoms with E-state index in [1.165, 1.54) is 5.56 Å². The molecule has 2 aromatic rings. The molecule has 1 N–H and O–H groups in total. The Kier molecular flexibility index (Phi) is 3.53. The summed E-state index contributed by atoms with van der Waals surface area (Å²) in [5.41, 5.74) is 1.19. The predicted octanol–water partition coefficient (Wildman–Crippen LogP) is 2.09. The number of imidazole rings is 1. The molecule has 0 bridgehead atoms. The topological polar surface area (TPSA) is 42.7 Å². The van der Waals surface area contributed by atoms with Gasteiger partial charge in [-0.25, -0.2) is 9.97 Å². The quantitative estimate of drug-likeness (QED) is 0.778. The second kappa shape index (κ2) is 5.30. The summed E-state index contributed by atoms with van der Waals surface area (Å²) in [4.78, 5) is 8.29. The molecule has 0 radical (unpaired) electrons. The Morgan fingerprint density at radius 3 is 3.06 bits per heavy atom. The van der Waals surface area contributed by atoms with Crippen LogP contribution in [0.3, 0.4) is 0 Å². The van der Waals surface area contributed by atoms with Crippen molar-refractivity contribution >= 4 is 5.82 Å². The molecule has 2 aromatic heterocycles. The fourth-order valence-electron chi connectivity index (χ4n) is 1.56. The molecule has 4 nitrogen and oxygen atoms in total. The van der Waals surface area contributed by atoms with Gasteiger partial charge in [-0.1, -0.05) is 6.07 Å². The fraction of sp³-hybridized carbons (Fsp3) is 0.333. The van der Waals surface area contributed by atoms with Crippen molar-refractivity contribution < 1.29 is 0 Å². The van der Waals surface area contributed by atoms with E-state index < -0.39 is 0 Å². The molecular formula is C12H16N4. The first-order valence-electron chi connectivity index (χ1n) is 5.47. The van der Waals surface area contributed by atoms with Crippen molar-refractivity contribution in [1.29, 1.82) is 0 Å². The number of anilines is 1. The first kappa shape index (κ1) is 10.7. The number of nitrogens with zero attached hydrogens (tertiary/aromatic N) is 3. The average molecular weight is 216 g/mol. The summed E-state index contributed by atoms with van der Waals surface area (Å²) in [5.74, 6) is 0.980. The van der Waals surface area contributed by atoms with Gasteiger partial charge in [0.25, 0.3) is 0 Å². The van der Waals surface area contributed by atoms with Gasteiger partial charge in [0, 0.05) is 31.7 Å². The van der Waals surface area contributed by atoms with E-state index in [2.05, 4.69) is 32.8 Å². The van der Waals surface area contributed by atoms with E-state index in [0.29, 0.717) is 0 Å². The lowest BCUT2D eigenvalue weighted by molar-refractivity contribution is 0.660. The van der Waals surface area contributed by atoms with Gasteiger partial charge in [0.1, 0.15) is 5.82 Å². The van der Waals surface area contributed by atoms with Crippen molar-refractivity contribution in [1.82, 2.24) is 14.5 Å². The van der Waals surface area contributed by atoms with Crippen LogP contribution in [-0.2, 0) is 6.54 Å². The minimum atomic E-state index is 0.927. The Labute approximate surface area is 95.4 Å². The van der Waals surface area contributed by atoms with Crippen molar-refractivity contribution in [2.75, 3.05) is 11.9 Å². The molecule has 0 saturated heterocycles. The Morgan fingerprint density at radius 1 is 1.38 bits per heavy atom. The van der Waals surface area contributed by atoms with E-state index in [-0.39, 0.29) is 0 Å². The molecule has 0 aromatic carbocycles. The van der Waals surface area contributed by atoms with Gasteiger partial charge in [0.05, 0.1) is 6.33 Å². The second-order valence-electron chi connectivity index (χ2n) is 3.75. The van der Waals surface area contributed by atoms with Gasteiger partial charge < -0.3 is 9.88 Å². The molecule has 0 fully saturated rings. The Bertz CT molecular complexity index is 422. The highest BCUT2D eigenvalue weighted by molar-refractivity contribution is 5.42. The molecule has 0 aliphatic carbocycles. The highest BCUT2D eigenvalue weighted by Gasteiger charge is 1.96. The van der Waals surface area contributed by atoms with Gasteiger partial charge in [-0.15, -0.1) is 0 Å². The largest absolute Gasteiger partial charge is 0.370 e. The zero-order chi connectivity index (χ0) is 11.2. The third-order valence-corrected chi connectivity index (χ3v) is 2.45. The molecule has 0 spiro atoms. The maximum Gasteiger partial charge on any atom is 0.128 e. The van der Waals surface area contributed by atoms with E-state index in [0.717, 1.165) is 25.3 Å². The van der Waals surface area contributed by atoms with Crippen molar-refractivity contribution in [3.8, 4) is 0 Å². The fourth-order valence-corrected chi connectivity index (χ4v) is 1.56. The van der Waals surface area contributed by atoms with Crippen molar-refractivity contribution in [2.45, 2.75) is 19.9 Å². The SMILES string of the molecule is Cc1cccnc1NCCCn1ccnc1. The van der Waals surface area contributed by atoms with Crippen LogP contribution in [0.15, 0.2) is 37.1 Å². The molecular weight excluding hydrogens is 200 g/mol. The van der Waals surface area contributed by atoms with E-state index >= 15 is 0 Å². The number of aryl methyl sites for hydroxylation is 2. The molecule has 0 atom stereocenters. The first-order chi connectivity index (χ1) is 7.86. The van der Waals surface area contributed by atoms with Gasteiger partial charge in [-0.3, -0.25) is 0 Å². The summed E-state index contributed by atoms with van der Waals surface area (Å²) in [6.07, 6.45) is 8.49. The summed E-state index contributed by atoms with van der Waals surface area (Å²) in [6, 6.07) is 4.01. The van der Waals surface area contributed by atoms with E-state index in [9.17, 15) is 0 Å². The van der Waals surface area contributed by atoms with Gasteiger partial charge in [0.15, 0.2) is 0 Å². The molecule has 2 rings (SSSR count). The average Bonchev–Trinajstić information content (AvgIpc) is 2.79. The van der Waals surface area contributed by atoms with Crippen LogP contribution in [0, 0.1) is 6.92 Å². The van der Waals surface area contributed by atoms with Gasteiger partial charge in [-0.2, -0.15) is 0 Å². The second-order valence-corrected chi connectivity index (χ2v) is 3.75. The summed E-state index contributed by atoms with van der Waals surface area (Å²) < 4.78 is 2.08. The molecule has 84 valence electrons. The smallest absolute Gasteiger partial charge is 0.128 e. The number of hydrogen-bond donors (Lipinski definition) is 1. The Morgan fingerprint density at radius 2 is 2.31 bits per heavy atom. The van der Waals surface area contributed by atoms with E-state index in [4.69, 9.17) is 0 Å². The monoisotopic (exact) mass is 216 g/mol. The molecule has 0 unspecified atom stereocenters. The van der Waals surface area contributed by atoms with Crippen LogP contribution in [-0.4, -0.2) is 21.1 Å². The van der Waals surface area contributed by atoms with Crippen LogP contribution in [0.2, 0.25) is 0 Å². The molecule has 0 aliphatic heterocycles. The third kappa shape index (κ3) is 2.82. The van der Waals surface area contributed by atoms with Crippen LogP contribution in [0.1, 0.15) is 12.0 Å². The first-order valence-corrected chi connectivity index (χ1v) is 5.47. The normalized spacial score (nSPS) is 10.3. The molecule has 2 heterocycles. The molecule has 0 saturated carbocycles. The number of pyridine rings is 1. The van der Waals surface area contributed by atoms with Crippen LogP contribution >= 0.6 is 0 Å². The van der Waals surface area contributed by atoms with Crippen molar-refractivity contribution in [3.63, 3.8) is 0 Å². The minimum absolute atomic E-state index is 0.927. The van der Waals surface area contributed by atoms with E-state index in [1.54, 1.807) is 6.20 Å². The maximum atomic E-state index is 4.28. The van der Waals surface area contributed by atoms with E-state index in [1.807, 2.05) is 24.8 Å². The van der Waals surface area contributed by atoms with Crippen LogP contribution in [0.25, 0.3) is 0 Å². The third-order valence-electron chi connectivity index (χ3n) is 2.45. The minimum Gasteiger partial charge on any atom is -0.370 e. The molecule has 0 aliphatic rings. The number of nitrogens with one attached hydrogen (secondary N) is 1. The van der Waals surface area contributed by atoms with Crippen LogP contribution in [0.4, 0.5) is 5.82 Å². The van der Waals surface area contributed by atoms with Crippen molar-refractivity contribution in [3.05, 3.63) is 42.6 Å². The zero-order valence-electron chi connectivity index (χ0n) is 9.43. The van der Waals surface area contributed by atoms with Gasteiger partial charge in [-0.05, 0) is 25.0 Å². The lowest BCUT2D eigenvalue weighted by atomic mass is 10.3. The summed E-state index contributed by atoms with van der Waals surface area (Å²) in [7, 11) is 0. The summed E-state index contributed by atoms with van der Waals surface area (Å²) in [6.45, 7) is 3.97.